The van der Waals surface area contributed by atoms with Crippen molar-refractivity contribution in [3.05, 3.63) is 23.4 Å². The molecule has 2 rings (SSSR count). The normalized spacial score (nSPS) is 16.3. The van der Waals surface area contributed by atoms with Crippen molar-refractivity contribution in [2.75, 3.05) is 5.32 Å². The number of carboxylic acid groups (broad SMARTS) is 1. The van der Waals surface area contributed by atoms with Crippen LogP contribution in [-0.2, 0) is 0 Å². The number of carbonyl (C=O) groups is 1. The molecule has 16 heavy (non-hydrogen) atoms. The average Bonchev–Trinajstić information content (AvgIpc) is 2.70. The van der Waals surface area contributed by atoms with E-state index in [2.05, 4.69) is 10.3 Å². The zero-order chi connectivity index (χ0) is 11.5. The van der Waals surface area contributed by atoms with Crippen LogP contribution < -0.4 is 5.32 Å². The maximum absolute atomic E-state index is 10.8. The fourth-order valence-corrected chi connectivity index (χ4v) is 2.15. The van der Waals surface area contributed by atoms with Crippen molar-refractivity contribution in [3.63, 3.8) is 0 Å². The van der Waals surface area contributed by atoms with Gasteiger partial charge in [-0.25, -0.2) is 9.78 Å². The SMILES string of the molecule is Cc1nc(NC2CCCC2)ccc1C(=O)O. The van der Waals surface area contributed by atoms with E-state index < -0.39 is 5.97 Å². The van der Waals surface area contributed by atoms with Gasteiger partial charge in [0, 0.05) is 6.04 Å². The Morgan fingerprint density at radius 2 is 2.12 bits per heavy atom. The molecule has 1 aromatic heterocycles. The molecule has 0 aliphatic heterocycles. The molecule has 1 aliphatic rings. The third-order valence-corrected chi connectivity index (χ3v) is 3.02. The Kier molecular flexibility index (Phi) is 3.08. The van der Waals surface area contributed by atoms with Crippen LogP contribution in [-0.4, -0.2) is 22.1 Å². The number of pyridine rings is 1. The van der Waals surface area contributed by atoms with Crippen LogP contribution in [0, 0.1) is 6.92 Å². The van der Waals surface area contributed by atoms with Gasteiger partial charge in [-0.1, -0.05) is 12.8 Å². The van der Waals surface area contributed by atoms with Crippen LogP contribution in [0.1, 0.15) is 41.7 Å². The molecule has 86 valence electrons. The van der Waals surface area contributed by atoms with E-state index in [1.165, 1.54) is 25.7 Å². The van der Waals surface area contributed by atoms with Gasteiger partial charge < -0.3 is 10.4 Å². The van der Waals surface area contributed by atoms with E-state index in [1.807, 2.05) is 0 Å². The number of aromatic carboxylic acids is 1. The van der Waals surface area contributed by atoms with Crippen molar-refractivity contribution in [1.29, 1.82) is 0 Å². The van der Waals surface area contributed by atoms with E-state index >= 15 is 0 Å². The zero-order valence-corrected chi connectivity index (χ0v) is 9.36. The number of hydrogen-bond acceptors (Lipinski definition) is 3. The van der Waals surface area contributed by atoms with Gasteiger partial charge in [0.05, 0.1) is 11.3 Å². The van der Waals surface area contributed by atoms with Gasteiger partial charge in [-0.3, -0.25) is 0 Å². The molecular weight excluding hydrogens is 204 g/mol. The fraction of sp³-hybridized carbons (Fsp3) is 0.500. The molecule has 0 radical (unpaired) electrons. The van der Waals surface area contributed by atoms with Crippen molar-refractivity contribution < 1.29 is 9.90 Å². The van der Waals surface area contributed by atoms with Crippen molar-refractivity contribution in [2.45, 2.75) is 38.6 Å². The van der Waals surface area contributed by atoms with Crippen LogP contribution in [0.25, 0.3) is 0 Å². The van der Waals surface area contributed by atoms with E-state index in [0.717, 1.165) is 5.82 Å². The molecule has 4 heteroatoms. The Bertz CT molecular complexity index is 398. The van der Waals surface area contributed by atoms with E-state index in [4.69, 9.17) is 5.11 Å². The minimum absolute atomic E-state index is 0.275. The maximum atomic E-state index is 10.8. The molecule has 0 amide bonds. The first kappa shape index (κ1) is 10.9. The Labute approximate surface area is 94.7 Å². The predicted octanol–water partition coefficient (Wildman–Crippen LogP) is 2.44. The number of nitrogens with zero attached hydrogens (tertiary/aromatic N) is 1. The van der Waals surface area contributed by atoms with E-state index in [1.54, 1.807) is 19.1 Å². The summed E-state index contributed by atoms with van der Waals surface area (Å²) in [4.78, 5) is 15.1. The quantitative estimate of drug-likeness (QED) is 0.821. The second kappa shape index (κ2) is 4.51. The van der Waals surface area contributed by atoms with Gasteiger partial charge in [0.2, 0.25) is 0 Å². The Hall–Kier alpha value is -1.58. The van der Waals surface area contributed by atoms with Crippen molar-refractivity contribution >= 4 is 11.8 Å². The van der Waals surface area contributed by atoms with Gasteiger partial charge in [-0.05, 0) is 31.9 Å². The van der Waals surface area contributed by atoms with E-state index in [-0.39, 0.29) is 5.56 Å². The molecular formula is C12H16N2O2. The standard InChI is InChI=1S/C12H16N2O2/c1-8-10(12(15)16)6-7-11(13-8)14-9-4-2-3-5-9/h6-7,9H,2-5H2,1H3,(H,13,14)(H,15,16). The summed E-state index contributed by atoms with van der Waals surface area (Å²) in [6, 6.07) is 3.86. The summed E-state index contributed by atoms with van der Waals surface area (Å²) in [5.74, 6) is -0.133. The summed E-state index contributed by atoms with van der Waals surface area (Å²) >= 11 is 0. The lowest BCUT2D eigenvalue weighted by atomic mass is 10.2. The molecule has 0 spiro atoms. The predicted molar refractivity (Wildman–Crippen MR) is 61.8 cm³/mol. The molecule has 1 saturated carbocycles. The van der Waals surface area contributed by atoms with Gasteiger partial charge >= 0.3 is 5.97 Å². The molecule has 0 saturated heterocycles. The average molecular weight is 220 g/mol. The minimum atomic E-state index is -0.919. The first-order valence-electron chi connectivity index (χ1n) is 5.64. The highest BCUT2D eigenvalue weighted by molar-refractivity contribution is 5.89. The van der Waals surface area contributed by atoms with Gasteiger partial charge in [0.25, 0.3) is 0 Å². The van der Waals surface area contributed by atoms with Crippen LogP contribution in [0.5, 0.6) is 0 Å². The fourth-order valence-electron chi connectivity index (χ4n) is 2.15. The number of anilines is 1. The first-order valence-corrected chi connectivity index (χ1v) is 5.64. The highest BCUT2D eigenvalue weighted by Gasteiger charge is 2.15. The van der Waals surface area contributed by atoms with Crippen molar-refractivity contribution in [2.24, 2.45) is 0 Å². The molecule has 1 heterocycles. The minimum Gasteiger partial charge on any atom is -0.478 e. The van der Waals surface area contributed by atoms with Gasteiger partial charge in [0.15, 0.2) is 0 Å². The lowest BCUT2D eigenvalue weighted by molar-refractivity contribution is 0.0695. The van der Waals surface area contributed by atoms with Crippen LogP contribution in [0.4, 0.5) is 5.82 Å². The summed E-state index contributed by atoms with van der Waals surface area (Å²) in [5.41, 5.74) is 0.840. The van der Waals surface area contributed by atoms with Gasteiger partial charge in [0.1, 0.15) is 5.82 Å². The number of carboxylic acids is 1. The summed E-state index contributed by atoms with van der Waals surface area (Å²) in [7, 11) is 0. The summed E-state index contributed by atoms with van der Waals surface area (Å²) in [6.45, 7) is 1.73. The molecule has 0 atom stereocenters. The second-order valence-corrected chi connectivity index (χ2v) is 4.26. The first-order chi connectivity index (χ1) is 7.66. The molecule has 0 bridgehead atoms. The van der Waals surface area contributed by atoms with Crippen LogP contribution in [0.2, 0.25) is 0 Å². The largest absolute Gasteiger partial charge is 0.478 e. The van der Waals surface area contributed by atoms with Crippen LogP contribution in [0.3, 0.4) is 0 Å². The molecule has 1 aliphatic carbocycles. The Morgan fingerprint density at radius 1 is 1.44 bits per heavy atom. The highest BCUT2D eigenvalue weighted by Crippen LogP contribution is 2.21. The number of rotatable bonds is 3. The molecule has 1 fully saturated rings. The number of hydrogen-bond donors (Lipinski definition) is 2. The molecule has 4 nitrogen and oxygen atoms in total. The third-order valence-electron chi connectivity index (χ3n) is 3.02. The lowest BCUT2D eigenvalue weighted by Crippen LogP contribution is -2.16. The molecule has 0 unspecified atom stereocenters. The maximum Gasteiger partial charge on any atom is 0.337 e. The van der Waals surface area contributed by atoms with Gasteiger partial charge in [-0.2, -0.15) is 0 Å². The van der Waals surface area contributed by atoms with E-state index in [0.29, 0.717) is 11.7 Å². The topological polar surface area (TPSA) is 62.2 Å². The third kappa shape index (κ3) is 2.32. The zero-order valence-electron chi connectivity index (χ0n) is 9.36. The van der Waals surface area contributed by atoms with Gasteiger partial charge in [-0.15, -0.1) is 0 Å². The summed E-state index contributed by atoms with van der Waals surface area (Å²) in [6.07, 6.45) is 4.90. The summed E-state index contributed by atoms with van der Waals surface area (Å²) in [5, 5.41) is 12.2. The van der Waals surface area contributed by atoms with Crippen LogP contribution in [0.15, 0.2) is 12.1 Å². The molecule has 2 N–H and O–H groups in total. The monoisotopic (exact) mass is 220 g/mol. The van der Waals surface area contributed by atoms with Crippen molar-refractivity contribution in [3.8, 4) is 0 Å². The number of aromatic nitrogens is 1. The van der Waals surface area contributed by atoms with E-state index in [9.17, 15) is 4.79 Å². The Balaban J connectivity index is 2.11. The Morgan fingerprint density at radius 3 is 2.69 bits per heavy atom. The summed E-state index contributed by atoms with van der Waals surface area (Å²) < 4.78 is 0. The number of nitrogens with one attached hydrogen (secondary N) is 1. The smallest absolute Gasteiger partial charge is 0.337 e. The second-order valence-electron chi connectivity index (χ2n) is 4.26. The highest BCUT2D eigenvalue weighted by atomic mass is 16.4. The number of aryl methyl sites for hydroxylation is 1. The molecule has 1 aromatic rings. The lowest BCUT2D eigenvalue weighted by Gasteiger charge is -2.13. The van der Waals surface area contributed by atoms with Crippen molar-refractivity contribution in [1.82, 2.24) is 4.98 Å². The molecule has 0 aromatic carbocycles. The van der Waals surface area contributed by atoms with Crippen LogP contribution >= 0.6 is 0 Å².